The molecule has 1 atom stereocenters. The number of halogens is 3. The monoisotopic (exact) mass is 524 g/mol. The summed E-state index contributed by atoms with van der Waals surface area (Å²) >= 11 is 0. The van der Waals surface area contributed by atoms with E-state index in [-0.39, 0.29) is 13.1 Å². The van der Waals surface area contributed by atoms with Crippen LogP contribution in [0.1, 0.15) is 49.8 Å². The van der Waals surface area contributed by atoms with Crippen molar-refractivity contribution in [2.24, 2.45) is 0 Å². The summed E-state index contributed by atoms with van der Waals surface area (Å²) in [5, 5.41) is 11.3. The Morgan fingerprint density at radius 2 is 1.59 bits per heavy atom. The van der Waals surface area contributed by atoms with Gasteiger partial charge >= 0.3 is 18.2 Å². The van der Waals surface area contributed by atoms with Gasteiger partial charge in [0, 0.05) is 18.7 Å². The van der Waals surface area contributed by atoms with Crippen LogP contribution in [-0.4, -0.2) is 54.0 Å². The SMILES string of the molecule is CCOc1cc(CN(CCCCc2ccccc2)C(=O)NC(CC(F)(F)F)C(=O)O)cc(OCC)c1C. The van der Waals surface area contributed by atoms with Gasteiger partial charge in [-0.15, -0.1) is 0 Å². The highest BCUT2D eigenvalue weighted by atomic mass is 19.4. The zero-order valence-electron chi connectivity index (χ0n) is 21.4. The molecule has 0 radical (unpaired) electrons. The van der Waals surface area contributed by atoms with E-state index in [1.165, 1.54) is 4.90 Å². The summed E-state index contributed by atoms with van der Waals surface area (Å²) in [5.74, 6) is -0.593. The summed E-state index contributed by atoms with van der Waals surface area (Å²) < 4.78 is 50.1. The summed E-state index contributed by atoms with van der Waals surface area (Å²) in [6.45, 7) is 6.61. The van der Waals surface area contributed by atoms with Crippen LogP contribution in [0.4, 0.5) is 18.0 Å². The molecule has 2 amide bonds. The van der Waals surface area contributed by atoms with Crippen LogP contribution in [0, 0.1) is 6.92 Å². The number of benzene rings is 2. The normalized spacial score (nSPS) is 12.1. The van der Waals surface area contributed by atoms with E-state index in [1.54, 1.807) is 12.1 Å². The van der Waals surface area contributed by atoms with Crippen LogP contribution in [-0.2, 0) is 17.8 Å². The Morgan fingerprint density at radius 3 is 2.11 bits per heavy atom. The number of hydrogen-bond acceptors (Lipinski definition) is 4. The second-order valence-electron chi connectivity index (χ2n) is 8.61. The standard InChI is InChI=1S/C27H35F3N2O5/c1-4-36-23-15-21(16-24(19(23)3)37-5-2)18-32(14-10-9-13-20-11-7-6-8-12-20)26(35)31-22(25(33)34)17-27(28,29)30/h6-8,11-12,15-16,22H,4-5,9-10,13-14,17-18H2,1-3H3,(H,31,35)(H,33,34). The highest BCUT2D eigenvalue weighted by Gasteiger charge is 2.37. The predicted octanol–water partition coefficient (Wildman–Crippen LogP) is 5.73. The third-order valence-corrected chi connectivity index (χ3v) is 5.65. The van der Waals surface area contributed by atoms with Gasteiger partial charge in [0.1, 0.15) is 17.5 Å². The van der Waals surface area contributed by atoms with Gasteiger partial charge in [-0.2, -0.15) is 13.2 Å². The molecule has 0 aliphatic heterocycles. The first-order chi connectivity index (χ1) is 17.5. The van der Waals surface area contributed by atoms with Gasteiger partial charge in [0.2, 0.25) is 0 Å². The van der Waals surface area contributed by atoms with E-state index < -0.39 is 30.6 Å². The third kappa shape index (κ3) is 10.2. The van der Waals surface area contributed by atoms with E-state index in [0.29, 0.717) is 36.7 Å². The molecule has 0 fully saturated rings. The topological polar surface area (TPSA) is 88.1 Å². The second kappa shape index (κ2) is 14.3. The number of carboxylic acid groups (broad SMARTS) is 1. The van der Waals surface area contributed by atoms with Crippen LogP contribution < -0.4 is 14.8 Å². The largest absolute Gasteiger partial charge is 0.493 e. The van der Waals surface area contributed by atoms with Crippen molar-refractivity contribution in [3.63, 3.8) is 0 Å². The van der Waals surface area contributed by atoms with Crippen LogP contribution in [0.2, 0.25) is 0 Å². The van der Waals surface area contributed by atoms with Gasteiger partial charge < -0.3 is 24.8 Å². The maximum absolute atomic E-state index is 13.0. The molecule has 0 saturated carbocycles. The van der Waals surface area contributed by atoms with E-state index in [0.717, 1.165) is 24.0 Å². The first-order valence-electron chi connectivity index (χ1n) is 12.3. The molecule has 2 aromatic carbocycles. The maximum Gasteiger partial charge on any atom is 0.391 e. The Morgan fingerprint density at radius 1 is 1.00 bits per heavy atom. The summed E-state index contributed by atoms with van der Waals surface area (Å²) in [7, 11) is 0. The van der Waals surface area contributed by atoms with E-state index in [4.69, 9.17) is 9.47 Å². The number of aliphatic carboxylic acids is 1. The molecule has 10 heteroatoms. The van der Waals surface area contributed by atoms with Gasteiger partial charge in [-0.1, -0.05) is 30.3 Å². The van der Waals surface area contributed by atoms with Gasteiger partial charge in [0.05, 0.1) is 19.6 Å². The molecule has 204 valence electrons. The second-order valence-corrected chi connectivity index (χ2v) is 8.61. The van der Waals surface area contributed by atoms with Crippen LogP contribution in [0.15, 0.2) is 42.5 Å². The van der Waals surface area contributed by atoms with E-state index in [9.17, 15) is 27.9 Å². The van der Waals surface area contributed by atoms with Crippen molar-refractivity contribution in [2.45, 2.75) is 65.2 Å². The lowest BCUT2D eigenvalue weighted by atomic mass is 10.1. The van der Waals surface area contributed by atoms with Gasteiger partial charge in [0.15, 0.2) is 0 Å². The Labute approximate surface area is 215 Å². The Kier molecular flexibility index (Phi) is 11.6. The number of unbranched alkanes of at least 4 members (excludes halogenated alkanes) is 1. The van der Waals surface area contributed by atoms with Crippen LogP contribution in [0.3, 0.4) is 0 Å². The summed E-state index contributed by atoms with van der Waals surface area (Å²) in [6, 6.07) is 10.3. The van der Waals surface area contributed by atoms with E-state index >= 15 is 0 Å². The molecule has 0 saturated heterocycles. The number of aryl methyl sites for hydroxylation is 1. The fourth-order valence-corrected chi connectivity index (χ4v) is 3.84. The van der Waals surface area contributed by atoms with Crippen molar-refractivity contribution in [3.8, 4) is 11.5 Å². The molecule has 2 rings (SSSR count). The fourth-order valence-electron chi connectivity index (χ4n) is 3.84. The summed E-state index contributed by atoms with van der Waals surface area (Å²) in [5.41, 5.74) is 2.58. The lowest BCUT2D eigenvalue weighted by Crippen LogP contribution is -2.49. The lowest BCUT2D eigenvalue weighted by molar-refractivity contribution is -0.157. The zero-order chi connectivity index (χ0) is 27.4. The maximum atomic E-state index is 13.0. The molecule has 0 bridgehead atoms. The molecule has 0 aromatic heterocycles. The molecule has 0 aliphatic carbocycles. The van der Waals surface area contributed by atoms with Crippen molar-refractivity contribution in [3.05, 3.63) is 59.2 Å². The molecule has 0 spiro atoms. The third-order valence-electron chi connectivity index (χ3n) is 5.65. The number of nitrogens with zero attached hydrogens (tertiary/aromatic N) is 1. The first-order valence-corrected chi connectivity index (χ1v) is 12.3. The minimum atomic E-state index is -4.74. The van der Waals surface area contributed by atoms with Crippen LogP contribution in [0.25, 0.3) is 0 Å². The number of rotatable bonds is 14. The van der Waals surface area contributed by atoms with Crippen LogP contribution in [0.5, 0.6) is 11.5 Å². The van der Waals surface area contributed by atoms with E-state index in [2.05, 4.69) is 0 Å². The first kappa shape index (κ1) is 29.8. The Balaban J connectivity index is 2.23. The number of urea groups is 1. The number of amides is 2. The minimum Gasteiger partial charge on any atom is -0.493 e. The van der Waals surface area contributed by atoms with Crippen molar-refractivity contribution in [1.29, 1.82) is 0 Å². The smallest absolute Gasteiger partial charge is 0.391 e. The summed E-state index contributed by atoms with van der Waals surface area (Å²) in [6.07, 6.45) is -4.32. The van der Waals surface area contributed by atoms with Gasteiger partial charge in [-0.3, -0.25) is 0 Å². The lowest BCUT2D eigenvalue weighted by Gasteiger charge is -2.26. The number of carboxylic acids is 1. The van der Waals surface area contributed by atoms with Crippen molar-refractivity contribution < 1.29 is 37.3 Å². The number of hydrogen-bond donors (Lipinski definition) is 2. The number of carbonyl (C=O) groups excluding carboxylic acids is 1. The highest BCUT2D eigenvalue weighted by Crippen LogP contribution is 2.31. The number of alkyl halides is 3. The van der Waals surface area contributed by atoms with Gasteiger partial charge in [-0.05, 0) is 63.3 Å². The average Bonchev–Trinajstić information content (AvgIpc) is 2.83. The quantitative estimate of drug-likeness (QED) is 0.308. The molecule has 0 aliphatic rings. The van der Waals surface area contributed by atoms with Gasteiger partial charge in [0.25, 0.3) is 0 Å². The van der Waals surface area contributed by atoms with Crippen LogP contribution >= 0.6 is 0 Å². The molecular formula is C27H35F3N2O5. The molecule has 2 aromatic rings. The number of nitrogens with one attached hydrogen (secondary N) is 1. The molecular weight excluding hydrogens is 489 g/mol. The molecule has 1 unspecified atom stereocenters. The minimum absolute atomic E-state index is 0.0377. The average molecular weight is 525 g/mol. The molecule has 7 nitrogen and oxygen atoms in total. The Hall–Kier alpha value is -3.43. The number of ether oxygens (including phenoxy) is 2. The molecule has 37 heavy (non-hydrogen) atoms. The van der Waals surface area contributed by atoms with Crippen molar-refractivity contribution in [2.75, 3.05) is 19.8 Å². The zero-order valence-corrected chi connectivity index (χ0v) is 21.4. The Bertz CT molecular complexity index is 988. The van der Waals surface area contributed by atoms with Crippen molar-refractivity contribution >= 4 is 12.0 Å². The molecule has 0 heterocycles. The number of carbonyl (C=O) groups is 2. The summed E-state index contributed by atoms with van der Waals surface area (Å²) in [4.78, 5) is 25.8. The highest BCUT2D eigenvalue weighted by molar-refractivity contribution is 5.82. The fraction of sp³-hybridized carbons (Fsp3) is 0.481. The van der Waals surface area contributed by atoms with Crippen molar-refractivity contribution in [1.82, 2.24) is 10.2 Å². The molecule has 2 N–H and O–H groups in total. The van der Waals surface area contributed by atoms with E-state index in [1.807, 2.05) is 56.4 Å². The van der Waals surface area contributed by atoms with Gasteiger partial charge in [-0.25, -0.2) is 9.59 Å². The predicted molar refractivity (Wildman–Crippen MR) is 134 cm³/mol.